The Morgan fingerprint density at radius 1 is 1.39 bits per heavy atom. The zero-order valence-electron chi connectivity index (χ0n) is 13.9. The van der Waals surface area contributed by atoms with Crippen molar-refractivity contribution in [2.45, 2.75) is 32.4 Å². The number of likely N-dealkylation sites (N-methyl/N-ethyl adjacent to an activating group) is 1. The van der Waals surface area contributed by atoms with Gasteiger partial charge in [0.1, 0.15) is 11.8 Å². The molecule has 1 aliphatic heterocycles. The van der Waals surface area contributed by atoms with Gasteiger partial charge in [-0.2, -0.15) is 5.10 Å². The van der Waals surface area contributed by atoms with Gasteiger partial charge in [0.05, 0.1) is 13.2 Å². The summed E-state index contributed by atoms with van der Waals surface area (Å²) < 4.78 is 7.68. The summed E-state index contributed by atoms with van der Waals surface area (Å²) in [6.45, 7) is 5.31. The lowest BCUT2D eigenvalue weighted by atomic mass is 9.97. The third-order valence-electron chi connectivity index (χ3n) is 4.24. The molecule has 0 spiro atoms. The van der Waals surface area contributed by atoms with Crippen molar-refractivity contribution in [3.63, 3.8) is 0 Å². The topological polar surface area (TPSA) is 47.4 Å². The van der Waals surface area contributed by atoms with Crippen LogP contribution >= 0.6 is 0 Å². The molecule has 1 aromatic carbocycles. The molecule has 1 aliphatic rings. The fraction of sp³-hybridized carbons (Fsp3) is 0.444. The van der Waals surface area contributed by atoms with E-state index in [9.17, 15) is 4.79 Å². The van der Waals surface area contributed by atoms with E-state index >= 15 is 0 Å². The number of carbonyl (C=O) groups excluding carboxylic acids is 1. The van der Waals surface area contributed by atoms with Crippen LogP contribution in [0.15, 0.2) is 36.5 Å². The van der Waals surface area contributed by atoms with Gasteiger partial charge in [-0.15, -0.1) is 0 Å². The SMILES string of the molecule is CC(C)n1ccc(C(=O)N(C)CC2OCCc3ccccc32)n1. The van der Waals surface area contributed by atoms with Crippen LogP contribution in [0.5, 0.6) is 0 Å². The predicted octanol–water partition coefficient (Wildman–Crippen LogP) is 2.85. The molecule has 23 heavy (non-hydrogen) atoms. The number of aromatic nitrogens is 2. The second-order valence-corrected chi connectivity index (χ2v) is 6.27. The minimum absolute atomic E-state index is 0.0684. The third kappa shape index (κ3) is 3.29. The molecule has 0 saturated heterocycles. The van der Waals surface area contributed by atoms with E-state index in [2.05, 4.69) is 23.3 Å². The summed E-state index contributed by atoms with van der Waals surface area (Å²) in [7, 11) is 1.80. The second kappa shape index (κ2) is 6.54. The highest BCUT2D eigenvalue weighted by molar-refractivity contribution is 5.92. The van der Waals surface area contributed by atoms with Crippen LogP contribution < -0.4 is 0 Å². The molecule has 0 saturated carbocycles. The quantitative estimate of drug-likeness (QED) is 0.872. The minimum Gasteiger partial charge on any atom is -0.371 e. The fourth-order valence-electron chi connectivity index (χ4n) is 2.89. The first-order valence-electron chi connectivity index (χ1n) is 8.06. The van der Waals surface area contributed by atoms with Crippen molar-refractivity contribution in [3.05, 3.63) is 53.3 Å². The van der Waals surface area contributed by atoms with Crippen LogP contribution in [-0.4, -0.2) is 40.8 Å². The standard InChI is InChI=1S/C18H23N3O2/c1-13(2)21-10-8-16(19-21)18(22)20(3)12-17-15-7-5-4-6-14(15)9-11-23-17/h4-8,10,13,17H,9,11-12H2,1-3H3. The summed E-state index contributed by atoms with van der Waals surface area (Å²) in [6, 6.07) is 10.3. The predicted molar refractivity (Wildman–Crippen MR) is 88.4 cm³/mol. The zero-order chi connectivity index (χ0) is 16.4. The van der Waals surface area contributed by atoms with Crippen LogP contribution in [0.25, 0.3) is 0 Å². The molecule has 0 aliphatic carbocycles. The summed E-state index contributed by atoms with van der Waals surface area (Å²) in [5.74, 6) is -0.0731. The molecular formula is C18H23N3O2. The first-order chi connectivity index (χ1) is 11.1. The highest BCUT2D eigenvalue weighted by atomic mass is 16.5. The molecule has 0 fully saturated rings. The summed E-state index contributed by atoms with van der Waals surface area (Å²) in [5.41, 5.74) is 2.98. The normalized spacial score (nSPS) is 17.1. The largest absolute Gasteiger partial charge is 0.371 e. The molecule has 0 bridgehead atoms. The Morgan fingerprint density at radius 3 is 2.91 bits per heavy atom. The van der Waals surface area contributed by atoms with Crippen molar-refractivity contribution in [3.8, 4) is 0 Å². The van der Waals surface area contributed by atoms with Gasteiger partial charge in [-0.1, -0.05) is 24.3 Å². The molecule has 1 atom stereocenters. The third-order valence-corrected chi connectivity index (χ3v) is 4.24. The first-order valence-corrected chi connectivity index (χ1v) is 8.06. The Hall–Kier alpha value is -2.14. The van der Waals surface area contributed by atoms with Crippen molar-refractivity contribution in [2.24, 2.45) is 0 Å². The van der Waals surface area contributed by atoms with Gasteiger partial charge < -0.3 is 9.64 Å². The lowest BCUT2D eigenvalue weighted by molar-refractivity contribution is 0.0198. The smallest absolute Gasteiger partial charge is 0.274 e. The van der Waals surface area contributed by atoms with Crippen LogP contribution in [0.4, 0.5) is 0 Å². The Kier molecular flexibility index (Phi) is 4.48. The zero-order valence-corrected chi connectivity index (χ0v) is 13.9. The van der Waals surface area contributed by atoms with Crippen molar-refractivity contribution in [1.82, 2.24) is 14.7 Å². The van der Waals surface area contributed by atoms with E-state index < -0.39 is 0 Å². The van der Waals surface area contributed by atoms with Gasteiger partial charge in [0.2, 0.25) is 0 Å². The molecular weight excluding hydrogens is 290 g/mol. The lowest BCUT2D eigenvalue weighted by Crippen LogP contribution is -2.34. The molecule has 1 unspecified atom stereocenters. The molecule has 2 heterocycles. The maximum absolute atomic E-state index is 12.6. The first kappa shape index (κ1) is 15.7. The molecule has 0 N–H and O–H groups in total. The number of fused-ring (bicyclic) bond motifs is 1. The number of benzene rings is 1. The van der Waals surface area contributed by atoms with Crippen molar-refractivity contribution < 1.29 is 9.53 Å². The molecule has 1 amide bonds. The number of carbonyl (C=O) groups is 1. The van der Waals surface area contributed by atoms with E-state index in [0.717, 1.165) is 6.42 Å². The maximum Gasteiger partial charge on any atom is 0.274 e. The molecule has 3 rings (SSSR count). The molecule has 5 nitrogen and oxygen atoms in total. The van der Waals surface area contributed by atoms with E-state index in [1.165, 1.54) is 11.1 Å². The Bertz CT molecular complexity index is 693. The molecule has 2 aromatic rings. The average molecular weight is 313 g/mol. The van der Waals surface area contributed by atoms with Crippen molar-refractivity contribution in [2.75, 3.05) is 20.2 Å². The summed E-state index contributed by atoms with van der Waals surface area (Å²) in [5, 5.41) is 4.35. The van der Waals surface area contributed by atoms with Gasteiger partial charge in [0.25, 0.3) is 5.91 Å². The van der Waals surface area contributed by atoms with Gasteiger partial charge in [0, 0.05) is 19.3 Å². The number of hydrogen-bond donors (Lipinski definition) is 0. The van der Waals surface area contributed by atoms with E-state index in [1.54, 1.807) is 22.7 Å². The van der Waals surface area contributed by atoms with Gasteiger partial charge in [-0.3, -0.25) is 9.48 Å². The summed E-state index contributed by atoms with van der Waals surface area (Å²) in [4.78, 5) is 14.3. The second-order valence-electron chi connectivity index (χ2n) is 6.27. The number of hydrogen-bond acceptors (Lipinski definition) is 3. The highest BCUT2D eigenvalue weighted by Crippen LogP contribution is 2.27. The highest BCUT2D eigenvalue weighted by Gasteiger charge is 2.24. The lowest BCUT2D eigenvalue weighted by Gasteiger charge is -2.29. The monoisotopic (exact) mass is 313 g/mol. The van der Waals surface area contributed by atoms with Gasteiger partial charge >= 0.3 is 0 Å². The molecule has 5 heteroatoms. The van der Waals surface area contributed by atoms with Gasteiger partial charge in [-0.05, 0) is 37.5 Å². The van der Waals surface area contributed by atoms with E-state index in [1.807, 2.05) is 26.1 Å². The molecule has 122 valence electrons. The minimum atomic E-state index is -0.0731. The van der Waals surface area contributed by atoms with Crippen LogP contribution in [-0.2, 0) is 11.2 Å². The average Bonchev–Trinajstić information content (AvgIpc) is 3.04. The summed E-state index contributed by atoms with van der Waals surface area (Å²) >= 11 is 0. The maximum atomic E-state index is 12.6. The Balaban J connectivity index is 1.71. The van der Waals surface area contributed by atoms with E-state index in [-0.39, 0.29) is 18.1 Å². The van der Waals surface area contributed by atoms with E-state index in [4.69, 9.17) is 4.74 Å². The number of amides is 1. The van der Waals surface area contributed by atoms with Gasteiger partial charge in [-0.25, -0.2) is 0 Å². The number of ether oxygens (including phenoxy) is 1. The molecule has 1 aromatic heterocycles. The van der Waals surface area contributed by atoms with Crippen molar-refractivity contribution in [1.29, 1.82) is 0 Å². The van der Waals surface area contributed by atoms with Crippen LogP contribution in [0.2, 0.25) is 0 Å². The van der Waals surface area contributed by atoms with Crippen molar-refractivity contribution >= 4 is 5.91 Å². The number of rotatable bonds is 4. The Labute approximate surface area is 136 Å². The van der Waals surface area contributed by atoms with Crippen LogP contribution in [0.1, 0.15) is 47.6 Å². The fourth-order valence-corrected chi connectivity index (χ4v) is 2.89. The van der Waals surface area contributed by atoms with Gasteiger partial charge in [0.15, 0.2) is 0 Å². The molecule has 0 radical (unpaired) electrons. The number of nitrogens with zero attached hydrogens (tertiary/aromatic N) is 3. The van der Waals surface area contributed by atoms with E-state index in [0.29, 0.717) is 18.8 Å². The summed E-state index contributed by atoms with van der Waals surface area (Å²) in [6.07, 6.45) is 2.71. The van der Waals surface area contributed by atoms with Crippen LogP contribution in [0, 0.1) is 0 Å². The Morgan fingerprint density at radius 2 is 2.17 bits per heavy atom. The van der Waals surface area contributed by atoms with Crippen LogP contribution in [0.3, 0.4) is 0 Å².